The molecule has 0 atom stereocenters. The monoisotopic (exact) mass is 293 g/mol. The number of aromatic nitrogens is 3. The van der Waals surface area contributed by atoms with Gasteiger partial charge in [0.25, 0.3) is 0 Å². The number of Topliss-reactive ketones (excluding diaryl/α,β-unsaturated/α-hetero) is 1. The molecule has 3 aromatic rings. The summed E-state index contributed by atoms with van der Waals surface area (Å²) >= 11 is 0. The van der Waals surface area contributed by atoms with Gasteiger partial charge in [0.15, 0.2) is 5.78 Å². The molecule has 0 aromatic carbocycles. The fourth-order valence-electron chi connectivity index (χ4n) is 2.59. The first-order valence-corrected chi connectivity index (χ1v) is 6.89. The van der Waals surface area contributed by atoms with E-state index in [-0.39, 0.29) is 12.4 Å². The molecule has 3 aromatic heterocycles. The summed E-state index contributed by atoms with van der Waals surface area (Å²) in [5, 5.41) is 9.77. The van der Waals surface area contributed by atoms with Crippen LogP contribution in [-0.4, -0.2) is 25.8 Å². The van der Waals surface area contributed by atoms with Crippen molar-refractivity contribution in [3.05, 3.63) is 60.2 Å². The van der Waals surface area contributed by atoms with E-state index < -0.39 is 0 Å². The van der Waals surface area contributed by atoms with Gasteiger partial charge in [-0.3, -0.25) is 14.8 Å². The number of rotatable bonds is 4. The number of nitrogens with one attached hydrogen (secondary N) is 1. The average Bonchev–Trinajstić information content (AvgIpc) is 2.96. The van der Waals surface area contributed by atoms with E-state index in [9.17, 15) is 9.90 Å². The van der Waals surface area contributed by atoms with E-state index in [0.717, 1.165) is 16.8 Å². The van der Waals surface area contributed by atoms with Crippen LogP contribution >= 0.6 is 0 Å². The van der Waals surface area contributed by atoms with Crippen LogP contribution in [0.3, 0.4) is 0 Å². The largest absolute Gasteiger partial charge is 0.392 e. The molecule has 0 aliphatic heterocycles. The zero-order valence-corrected chi connectivity index (χ0v) is 12.1. The molecule has 0 saturated carbocycles. The van der Waals surface area contributed by atoms with Crippen LogP contribution in [0.5, 0.6) is 0 Å². The van der Waals surface area contributed by atoms with E-state index in [1.807, 2.05) is 24.3 Å². The summed E-state index contributed by atoms with van der Waals surface area (Å²) in [6.07, 6.45) is 6.70. The van der Waals surface area contributed by atoms with Gasteiger partial charge in [-0.05, 0) is 31.2 Å². The highest BCUT2D eigenvalue weighted by Gasteiger charge is 2.21. The molecule has 0 fully saturated rings. The van der Waals surface area contributed by atoms with E-state index >= 15 is 0 Å². The Morgan fingerprint density at radius 2 is 1.50 bits per heavy atom. The normalized spacial score (nSPS) is 10.6. The van der Waals surface area contributed by atoms with Gasteiger partial charge in [-0.1, -0.05) is 0 Å². The summed E-state index contributed by atoms with van der Waals surface area (Å²) in [6.45, 7) is 1.29. The summed E-state index contributed by atoms with van der Waals surface area (Å²) in [5.41, 5.74) is 4.29. The van der Waals surface area contributed by atoms with Crippen LogP contribution in [0.15, 0.2) is 49.1 Å². The van der Waals surface area contributed by atoms with Crippen LogP contribution in [0.1, 0.15) is 22.8 Å². The minimum absolute atomic E-state index is 0.0904. The second-order valence-electron chi connectivity index (χ2n) is 4.91. The molecule has 3 heterocycles. The molecule has 0 unspecified atom stereocenters. The van der Waals surface area contributed by atoms with Crippen molar-refractivity contribution in [3.63, 3.8) is 0 Å². The lowest BCUT2D eigenvalue weighted by atomic mass is 10.0. The molecule has 0 saturated heterocycles. The Morgan fingerprint density at radius 1 is 1.00 bits per heavy atom. The second kappa shape index (κ2) is 5.91. The van der Waals surface area contributed by atoms with E-state index in [0.29, 0.717) is 16.8 Å². The minimum atomic E-state index is -0.214. The van der Waals surface area contributed by atoms with Crippen molar-refractivity contribution in [2.75, 3.05) is 0 Å². The lowest BCUT2D eigenvalue weighted by Gasteiger charge is -2.03. The number of carbonyl (C=O) groups excluding carboxylic acids is 1. The van der Waals surface area contributed by atoms with Crippen LogP contribution in [0.2, 0.25) is 0 Å². The third-order valence-corrected chi connectivity index (χ3v) is 3.55. The van der Waals surface area contributed by atoms with Crippen LogP contribution in [-0.2, 0) is 6.61 Å². The highest BCUT2D eigenvalue weighted by Crippen LogP contribution is 2.33. The van der Waals surface area contributed by atoms with Crippen LogP contribution in [0.4, 0.5) is 0 Å². The number of aliphatic hydroxyl groups excluding tert-OH is 1. The van der Waals surface area contributed by atoms with Crippen LogP contribution in [0, 0.1) is 0 Å². The number of hydrogen-bond donors (Lipinski definition) is 2. The quantitative estimate of drug-likeness (QED) is 0.725. The van der Waals surface area contributed by atoms with Gasteiger partial charge in [0.05, 0.1) is 18.0 Å². The summed E-state index contributed by atoms with van der Waals surface area (Å²) in [5.74, 6) is -0.0904. The third kappa shape index (κ3) is 2.42. The molecular weight excluding hydrogens is 278 g/mol. The molecule has 0 amide bonds. The zero-order chi connectivity index (χ0) is 15.5. The number of aliphatic hydroxyl groups is 1. The van der Waals surface area contributed by atoms with Gasteiger partial charge in [-0.2, -0.15) is 0 Å². The smallest absolute Gasteiger partial charge is 0.162 e. The van der Waals surface area contributed by atoms with E-state index in [1.165, 1.54) is 6.92 Å². The summed E-state index contributed by atoms with van der Waals surface area (Å²) in [6, 6.07) is 7.34. The molecule has 0 aliphatic carbocycles. The number of aromatic amines is 1. The molecular formula is C17H15N3O2. The zero-order valence-electron chi connectivity index (χ0n) is 12.1. The first kappa shape index (κ1) is 14.2. The lowest BCUT2D eigenvalue weighted by molar-refractivity contribution is 0.101. The maximum atomic E-state index is 12.1. The molecule has 3 rings (SSSR count). The van der Waals surface area contributed by atoms with Crippen LogP contribution < -0.4 is 0 Å². The SMILES string of the molecule is CC(=O)c1c(-c2ccncc2)[nH]c(-c2ccncc2)c1CO. The molecule has 0 aliphatic rings. The Hall–Kier alpha value is -2.79. The van der Waals surface area contributed by atoms with Gasteiger partial charge in [-0.15, -0.1) is 0 Å². The van der Waals surface area contributed by atoms with Crippen molar-refractivity contribution in [1.29, 1.82) is 0 Å². The van der Waals surface area contributed by atoms with Crippen molar-refractivity contribution in [1.82, 2.24) is 15.0 Å². The average molecular weight is 293 g/mol. The van der Waals surface area contributed by atoms with E-state index in [4.69, 9.17) is 0 Å². The third-order valence-electron chi connectivity index (χ3n) is 3.55. The highest BCUT2D eigenvalue weighted by molar-refractivity contribution is 6.03. The molecule has 110 valence electrons. The van der Waals surface area contributed by atoms with Crippen molar-refractivity contribution in [3.8, 4) is 22.5 Å². The molecule has 5 heteroatoms. The minimum Gasteiger partial charge on any atom is -0.392 e. The van der Waals surface area contributed by atoms with E-state index in [1.54, 1.807) is 24.8 Å². The molecule has 22 heavy (non-hydrogen) atoms. The molecule has 2 N–H and O–H groups in total. The Kier molecular flexibility index (Phi) is 3.80. The fourth-order valence-corrected chi connectivity index (χ4v) is 2.59. The van der Waals surface area contributed by atoms with Gasteiger partial charge < -0.3 is 10.1 Å². The number of H-pyrrole nitrogens is 1. The van der Waals surface area contributed by atoms with Crippen molar-refractivity contribution < 1.29 is 9.90 Å². The Morgan fingerprint density at radius 3 is 1.95 bits per heavy atom. The summed E-state index contributed by atoms with van der Waals surface area (Å²) < 4.78 is 0. The molecule has 0 radical (unpaired) electrons. The predicted octanol–water partition coefficient (Wildman–Crippen LogP) is 2.83. The standard InChI is InChI=1S/C17H15N3O2/c1-11(22)15-14(10-21)16(12-2-6-18-7-3-12)20-17(15)13-4-8-19-9-5-13/h2-9,20-21H,10H2,1H3. The van der Waals surface area contributed by atoms with E-state index in [2.05, 4.69) is 15.0 Å². The van der Waals surface area contributed by atoms with Crippen molar-refractivity contribution in [2.24, 2.45) is 0 Å². The predicted molar refractivity (Wildman–Crippen MR) is 83.2 cm³/mol. The summed E-state index contributed by atoms with van der Waals surface area (Å²) in [7, 11) is 0. The van der Waals surface area contributed by atoms with Crippen molar-refractivity contribution in [2.45, 2.75) is 13.5 Å². The summed E-state index contributed by atoms with van der Waals surface area (Å²) in [4.78, 5) is 23.4. The molecule has 0 bridgehead atoms. The van der Waals surface area contributed by atoms with Gasteiger partial charge in [0.2, 0.25) is 0 Å². The first-order chi connectivity index (χ1) is 10.7. The number of carbonyl (C=O) groups is 1. The Balaban J connectivity index is 2.27. The Bertz CT molecular complexity index is 796. The van der Waals surface area contributed by atoms with Crippen molar-refractivity contribution >= 4 is 5.78 Å². The number of pyridine rings is 2. The maximum absolute atomic E-state index is 12.1. The first-order valence-electron chi connectivity index (χ1n) is 6.89. The topological polar surface area (TPSA) is 78.9 Å². The van der Waals surface area contributed by atoms with Gasteiger partial charge in [0.1, 0.15) is 0 Å². The second-order valence-corrected chi connectivity index (χ2v) is 4.91. The fraction of sp³-hybridized carbons (Fsp3) is 0.118. The van der Waals surface area contributed by atoms with Crippen LogP contribution in [0.25, 0.3) is 22.5 Å². The molecule has 0 spiro atoms. The molecule has 5 nitrogen and oxygen atoms in total. The lowest BCUT2D eigenvalue weighted by Crippen LogP contribution is -1.99. The maximum Gasteiger partial charge on any atom is 0.162 e. The van der Waals surface area contributed by atoms with Gasteiger partial charge in [-0.25, -0.2) is 0 Å². The van der Waals surface area contributed by atoms with Gasteiger partial charge in [0, 0.05) is 47.0 Å². The number of ketones is 1. The number of hydrogen-bond acceptors (Lipinski definition) is 4. The Labute approximate surface area is 127 Å². The number of nitrogens with zero attached hydrogens (tertiary/aromatic N) is 2. The highest BCUT2D eigenvalue weighted by atomic mass is 16.3. The van der Waals surface area contributed by atoms with Gasteiger partial charge >= 0.3 is 0 Å².